The quantitative estimate of drug-likeness (QED) is 0.330. The molecule has 0 saturated heterocycles. The molecule has 4 rings (SSSR count). The highest BCUT2D eigenvalue weighted by molar-refractivity contribution is 6.32. The van der Waals surface area contributed by atoms with Gasteiger partial charge in [0.1, 0.15) is 29.5 Å². The standard InChI is InChI=1S/C28H29ClFNO5/c1-3-35-25-14-26(22(29)13-17(25)15-31-27(16(2)32)28(33)34)36-24-12-11-19-18(8-6-9-21(19)24)20-7-4-5-10-23(20)30/h4-10,13-14,16,24,27,31-32H,3,11-12,15H2,1-2H3,(H,33,34)/t16-,24+,27+/m1/s1. The summed E-state index contributed by atoms with van der Waals surface area (Å²) in [5.74, 6) is -0.450. The van der Waals surface area contributed by atoms with Crippen molar-refractivity contribution in [2.45, 2.75) is 51.5 Å². The Bertz CT molecular complexity index is 1250. The number of nitrogens with one attached hydrogen (secondary N) is 1. The van der Waals surface area contributed by atoms with Gasteiger partial charge in [-0.05, 0) is 55.5 Å². The zero-order valence-corrected chi connectivity index (χ0v) is 20.9. The number of aliphatic carboxylic acids is 1. The molecule has 3 N–H and O–H groups in total. The molecule has 0 spiro atoms. The average molecular weight is 514 g/mol. The van der Waals surface area contributed by atoms with E-state index >= 15 is 0 Å². The van der Waals surface area contributed by atoms with Crippen LogP contribution < -0.4 is 14.8 Å². The van der Waals surface area contributed by atoms with Gasteiger partial charge in [-0.3, -0.25) is 10.1 Å². The maximum atomic E-state index is 14.5. The van der Waals surface area contributed by atoms with Gasteiger partial charge in [-0.2, -0.15) is 0 Å². The maximum absolute atomic E-state index is 14.5. The molecular weight excluding hydrogens is 485 g/mol. The van der Waals surface area contributed by atoms with Crippen LogP contribution in [-0.2, 0) is 17.8 Å². The molecule has 0 unspecified atom stereocenters. The number of carboxylic acid groups (broad SMARTS) is 1. The SMILES string of the molecule is CCOc1cc(O[C@H]2CCc3c(-c4ccccc4F)cccc32)c(Cl)cc1CN[C@H](C(=O)O)[C@@H](C)O. The smallest absolute Gasteiger partial charge is 0.323 e. The van der Waals surface area contributed by atoms with Crippen molar-refractivity contribution in [3.05, 3.63) is 82.1 Å². The first-order valence-corrected chi connectivity index (χ1v) is 12.3. The third-order valence-corrected chi connectivity index (χ3v) is 6.62. The van der Waals surface area contributed by atoms with Gasteiger partial charge in [0.05, 0.1) is 17.7 Å². The Labute approximate surface area is 214 Å². The molecule has 0 aliphatic heterocycles. The topological polar surface area (TPSA) is 88.0 Å². The van der Waals surface area contributed by atoms with Crippen molar-refractivity contribution in [3.8, 4) is 22.6 Å². The predicted molar refractivity (Wildman–Crippen MR) is 136 cm³/mol. The van der Waals surface area contributed by atoms with E-state index in [-0.39, 0.29) is 18.5 Å². The van der Waals surface area contributed by atoms with Crippen LogP contribution >= 0.6 is 11.6 Å². The minimum Gasteiger partial charge on any atom is -0.493 e. The van der Waals surface area contributed by atoms with Gasteiger partial charge in [0.2, 0.25) is 0 Å². The average Bonchev–Trinajstić information content (AvgIpc) is 3.25. The molecule has 6 nitrogen and oxygen atoms in total. The van der Waals surface area contributed by atoms with Crippen LogP contribution in [0.3, 0.4) is 0 Å². The molecule has 3 aromatic rings. The Morgan fingerprint density at radius 3 is 2.61 bits per heavy atom. The molecule has 0 heterocycles. The van der Waals surface area contributed by atoms with Gasteiger partial charge in [0.25, 0.3) is 0 Å². The van der Waals surface area contributed by atoms with Crippen molar-refractivity contribution >= 4 is 17.6 Å². The molecule has 3 aromatic carbocycles. The lowest BCUT2D eigenvalue weighted by Gasteiger charge is -2.21. The Kier molecular flexibility index (Phi) is 8.14. The van der Waals surface area contributed by atoms with E-state index in [1.54, 1.807) is 24.3 Å². The van der Waals surface area contributed by atoms with Gasteiger partial charge in [-0.15, -0.1) is 0 Å². The van der Waals surface area contributed by atoms with Gasteiger partial charge in [0, 0.05) is 23.7 Å². The lowest BCUT2D eigenvalue weighted by molar-refractivity contribution is -0.142. The largest absolute Gasteiger partial charge is 0.493 e. The van der Waals surface area contributed by atoms with Gasteiger partial charge in [-0.25, -0.2) is 4.39 Å². The third kappa shape index (κ3) is 5.48. The third-order valence-electron chi connectivity index (χ3n) is 6.32. The van der Waals surface area contributed by atoms with Gasteiger partial charge >= 0.3 is 5.97 Å². The number of carbonyl (C=O) groups is 1. The number of aliphatic hydroxyl groups excluding tert-OH is 1. The minimum absolute atomic E-state index is 0.134. The number of hydrogen-bond acceptors (Lipinski definition) is 5. The zero-order chi connectivity index (χ0) is 25.8. The van der Waals surface area contributed by atoms with E-state index in [4.69, 9.17) is 21.1 Å². The van der Waals surface area contributed by atoms with Gasteiger partial charge in [-0.1, -0.05) is 48.0 Å². The second-order valence-corrected chi connectivity index (χ2v) is 9.17. The molecule has 3 atom stereocenters. The first-order chi connectivity index (χ1) is 17.3. The van der Waals surface area contributed by atoms with Crippen molar-refractivity contribution in [1.29, 1.82) is 0 Å². The fraction of sp³-hybridized carbons (Fsp3) is 0.321. The Hall–Kier alpha value is -3.13. The fourth-order valence-electron chi connectivity index (χ4n) is 4.60. The molecule has 0 fully saturated rings. The fourth-order valence-corrected chi connectivity index (χ4v) is 4.83. The molecule has 8 heteroatoms. The summed E-state index contributed by atoms with van der Waals surface area (Å²) in [5.41, 5.74) is 4.14. The molecular formula is C28H29ClFNO5. The van der Waals surface area contributed by atoms with E-state index in [2.05, 4.69) is 5.32 Å². The summed E-state index contributed by atoms with van der Waals surface area (Å²) in [7, 11) is 0. The van der Waals surface area contributed by atoms with Crippen LogP contribution in [0.2, 0.25) is 5.02 Å². The summed E-state index contributed by atoms with van der Waals surface area (Å²) in [6.07, 6.45) is 0.138. The second kappa shape index (κ2) is 11.3. The summed E-state index contributed by atoms with van der Waals surface area (Å²) in [4.78, 5) is 11.4. The van der Waals surface area contributed by atoms with E-state index in [9.17, 15) is 19.4 Å². The highest BCUT2D eigenvalue weighted by atomic mass is 35.5. The van der Waals surface area contributed by atoms with Gasteiger partial charge < -0.3 is 19.7 Å². The normalized spacial score (nSPS) is 16.3. The first-order valence-electron chi connectivity index (χ1n) is 11.9. The van der Waals surface area contributed by atoms with Crippen LogP contribution in [0.25, 0.3) is 11.1 Å². The summed E-state index contributed by atoms with van der Waals surface area (Å²) in [6.45, 7) is 3.79. The first kappa shape index (κ1) is 25.9. The van der Waals surface area contributed by atoms with E-state index < -0.39 is 18.1 Å². The molecule has 36 heavy (non-hydrogen) atoms. The van der Waals surface area contributed by atoms with Crippen LogP contribution in [-0.4, -0.2) is 34.9 Å². The Morgan fingerprint density at radius 2 is 1.92 bits per heavy atom. The molecule has 190 valence electrons. The molecule has 0 saturated carbocycles. The number of fused-ring (bicyclic) bond motifs is 1. The van der Waals surface area contributed by atoms with E-state index in [0.29, 0.717) is 34.3 Å². The minimum atomic E-state index is -1.15. The predicted octanol–water partition coefficient (Wildman–Crippen LogP) is 5.53. The molecule has 1 aliphatic rings. The zero-order valence-electron chi connectivity index (χ0n) is 20.1. The molecule has 1 aliphatic carbocycles. The number of halogens is 2. The number of aliphatic hydroxyl groups is 1. The maximum Gasteiger partial charge on any atom is 0.323 e. The van der Waals surface area contributed by atoms with E-state index in [1.807, 2.05) is 31.2 Å². The molecule has 0 amide bonds. The molecule has 0 radical (unpaired) electrons. The number of carboxylic acids is 1. The monoisotopic (exact) mass is 513 g/mol. The lowest BCUT2D eigenvalue weighted by atomic mass is 9.96. The van der Waals surface area contributed by atoms with Crippen LogP contribution in [0.4, 0.5) is 4.39 Å². The van der Waals surface area contributed by atoms with Gasteiger partial charge in [0.15, 0.2) is 0 Å². The molecule has 0 aromatic heterocycles. The summed E-state index contributed by atoms with van der Waals surface area (Å²) >= 11 is 6.57. The van der Waals surface area contributed by atoms with Crippen LogP contribution in [0.5, 0.6) is 11.5 Å². The number of rotatable bonds is 10. The number of benzene rings is 3. The van der Waals surface area contributed by atoms with E-state index in [1.165, 1.54) is 13.0 Å². The summed E-state index contributed by atoms with van der Waals surface area (Å²) in [5, 5.41) is 22.2. The second-order valence-electron chi connectivity index (χ2n) is 8.76. The Morgan fingerprint density at radius 1 is 1.17 bits per heavy atom. The van der Waals surface area contributed by atoms with E-state index in [0.717, 1.165) is 29.5 Å². The van der Waals surface area contributed by atoms with Crippen molar-refractivity contribution in [1.82, 2.24) is 5.32 Å². The van der Waals surface area contributed by atoms with Crippen molar-refractivity contribution < 1.29 is 28.9 Å². The van der Waals surface area contributed by atoms with Crippen LogP contribution in [0.15, 0.2) is 54.6 Å². The highest BCUT2D eigenvalue weighted by Crippen LogP contribution is 2.43. The van der Waals surface area contributed by atoms with Crippen molar-refractivity contribution in [2.24, 2.45) is 0 Å². The van der Waals surface area contributed by atoms with Crippen molar-refractivity contribution in [3.63, 3.8) is 0 Å². The number of ether oxygens (including phenoxy) is 2. The summed E-state index contributed by atoms with van der Waals surface area (Å²) in [6, 6.07) is 14.8. The lowest BCUT2D eigenvalue weighted by Crippen LogP contribution is -2.44. The highest BCUT2D eigenvalue weighted by Gasteiger charge is 2.28. The Balaban J connectivity index is 1.59. The van der Waals surface area contributed by atoms with Crippen LogP contribution in [0, 0.1) is 5.82 Å². The molecule has 0 bridgehead atoms. The number of hydrogen-bond donors (Lipinski definition) is 3. The van der Waals surface area contributed by atoms with Crippen molar-refractivity contribution in [2.75, 3.05) is 6.61 Å². The van der Waals surface area contributed by atoms with Crippen LogP contribution in [0.1, 0.15) is 43.1 Å². The summed E-state index contributed by atoms with van der Waals surface area (Å²) < 4.78 is 26.6.